The Balaban J connectivity index is 0.000000336. The Hall–Kier alpha value is -1.87. The molecule has 2 aliphatic heterocycles. The Bertz CT molecular complexity index is 860. The molecule has 0 bridgehead atoms. The number of hydrogen-bond acceptors (Lipinski definition) is 7. The first-order valence-electron chi connectivity index (χ1n) is 12.6. The smallest absolute Gasteiger partial charge is 0.273 e. The van der Waals surface area contributed by atoms with Crippen molar-refractivity contribution in [2.75, 3.05) is 51.7 Å². The molecule has 3 heterocycles. The van der Waals surface area contributed by atoms with Crippen molar-refractivity contribution in [1.82, 2.24) is 19.7 Å². The van der Waals surface area contributed by atoms with Gasteiger partial charge in [-0.3, -0.25) is 14.0 Å². The molecule has 186 valence electrons. The summed E-state index contributed by atoms with van der Waals surface area (Å²) in [5.41, 5.74) is 1.75. The lowest BCUT2D eigenvalue weighted by atomic mass is 10.1. The number of carbonyl (C=O) groups is 1. The largest absolute Gasteiger partial charge is 0.379 e. The Morgan fingerprint density at radius 3 is 2.47 bits per heavy atom. The van der Waals surface area contributed by atoms with Gasteiger partial charge in [-0.2, -0.15) is 0 Å². The molecule has 1 saturated carbocycles. The number of nitrogens with zero attached hydrogens (tertiary/aromatic N) is 3. The van der Waals surface area contributed by atoms with Gasteiger partial charge in [-0.05, 0) is 45.6 Å². The van der Waals surface area contributed by atoms with Gasteiger partial charge in [0.25, 0.3) is 5.91 Å². The molecule has 3 aliphatic rings. The van der Waals surface area contributed by atoms with Gasteiger partial charge in [0.1, 0.15) is 5.76 Å². The van der Waals surface area contributed by atoms with Gasteiger partial charge in [0.2, 0.25) is 0 Å². The predicted octanol–water partition coefficient (Wildman–Crippen LogP) is 4.11. The SMILES string of the molecule is Cc1ccccc1.O=C(NC1CCN(SCCCN2CCOCC2)CC1)c1cc(C2CC2)on1. The van der Waals surface area contributed by atoms with E-state index in [4.69, 9.17) is 9.26 Å². The van der Waals surface area contributed by atoms with Crippen LogP contribution in [0.2, 0.25) is 0 Å². The van der Waals surface area contributed by atoms with Gasteiger partial charge in [0.15, 0.2) is 5.69 Å². The van der Waals surface area contributed by atoms with Gasteiger partial charge in [-0.1, -0.05) is 53.0 Å². The van der Waals surface area contributed by atoms with Crippen molar-refractivity contribution >= 4 is 17.9 Å². The van der Waals surface area contributed by atoms with Crippen molar-refractivity contribution in [1.29, 1.82) is 0 Å². The molecule has 0 unspecified atom stereocenters. The second-order valence-corrected chi connectivity index (χ2v) is 10.5. The Morgan fingerprint density at radius 1 is 1.09 bits per heavy atom. The number of ether oxygens (including phenoxy) is 1. The number of benzene rings is 1. The monoisotopic (exact) mass is 486 g/mol. The van der Waals surface area contributed by atoms with E-state index in [1.165, 1.54) is 18.5 Å². The minimum absolute atomic E-state index is 0.0951. The Labute approximate surface area is 207 Å². The molecular weight excluding hydrogens is 448 g/mol. The molecule has 0 atom stereocenters. The van der Waals surface area contributed by atoms with Crippen LogP contribution in [0.5, 0.6) is 0 Å². The van der Waals surface area contributed by atoms with Crippen molar-refractivity contribution in [3.8, 4) is 0 Å². The summed E-state index contributed by atoms with van der Waals surface area (Å²) in [5, 5.41) is 7.06. The molecule has 2 saturated heterocycles. The number of hydrogen-bond donors (Lipinski definition) is 1. The van der Waals surface area contributed by atoms with Crippen LogP contribution < -0.4 is 5.32 Å². The van der Waals surface area contributed by atoms with Crippen molar-refractivity contribution < 1.29 is 14.1 Å². The van der Waals surface area contributed by atoms with Crippen molar-refractivity contribution in [3.05, 3.63) is 53.4 Å². The zero-order chi connectivity index (χ0) is 23.6. The number of nitrogens with one attached hydrogen (secondary N) is 1. The molecule has 3 fully saturated rings. The van der Waals surface area contributed by atoms with E-state index >= 15 is 0 Å². The van der Waals surface area contributed by atoms with Crippen LogP contribution in [0.1, 0.15) is 59.8 Å². The minimum Gasteiger partial charge on any atom is -0.379 e. The van der Waals surface area contributed by atoms with Crippen LogP contribution in [-0.2, 0) is 4.74 Å². The molecule has 1 N–H and O–H groups in total. The predicted molar refractivity (Wildman–Crippen MR) is 136 cm³/mol. The van der Waals surface area contributed by atoms with E-state index in [0.717, 1.165) is 76.6 Å². The lowest BCUT2D eigenvalue weighted by molar-refractivity contribution is 0.0381. The number of aromatic nitrogens is 1. The third-order valence-electron chi connectivity index (χ3n) is 6.47. The van der Waals surface area contributed by atoms with Crippen LogP contribution in [0, 0.1) is 6.92 Å². The van der Waals surface area contributed by atoms with E-state index in [9.17, 15) is 4.79 Å². The van der Waals surface area contributed by atoms with E-state index in [1.54, 1.807) is 0 Å². The van der Waals surface area contributed by atoms with Crippen LogP contribution in [0.15, 0.2) is 40.9 Å². The molecule has 1 aromatic carbocycles. The number of piperidine rings is 1. The third kappa shape index (κ3) is 8.41. The fraction of sp³-hybridized carbons (Fsp3) is 0.615. The van der Waals surface area contributed by atoms with Crippen LogP contribution in [0.4, 0.5) is 0 Å². The maximum Gasteiger partial charge on any atom is 0.273 e. The molecule has 8 heteroatoms. The summed E-state index contributed by atoms with van der Waals surface area (Å²) in [6, 6.07) is 12.3. The van der Waals surface area contributed by atoms with Crippen molar-refractivity contribution in [2.45, 2.75) is 51.0 Å². The summed E-state index contributed by atoms with van der Waals surface area (Å²) in [6.07, 6.45) is 5.51. The van der Waals surface area contributed by atoms with Gasteiger partial charge >= 0.3 is 0 Å². The number of rotatable bonds is 8. The van der Waals surface area contributed by atoms with E-state index in [2.05, 4.69) is 38.7 Å². The number of carbonyl (C=O) groups excluding carboxylic acids is 1. The second kappa shape index (κ2) is 13.3. The molecule has 5 rings (SSSR count). The summed E-state index contributed by atoms with van der Waals surface area (Å²) in [5.74, 6) is 2.42. The van der Waals surface area contributed by atoms with E-state index < -0.39 is 0 Å². The second-order valence-electron chi connectivity index (χ2n) is 9.36. The average Bonchev–Trinajstić information content (AvgIpc) is 3.60. The highest BCUT2D eigenvalue weighted by Gasteiger charge is 2.29. The Morgan fingerprint density at radius 2 is 1.82 bits per heavy atom. The van der Waals surface area contributed by atoms with Crippen LogP contribution in [-0.4, -0.2) is 78.0 Å². The summed E-state index contributed by atoms with van der Waals surface area (Å²) in [4.78, 5) is 14.8. The number of morpholine rings is 1. The van der Waals surface area contributed by atoms with Crippen molar-refractivity contribution in [2.24, 2.45) is 0 Å². The molecule has 0 radical (unpaired) electrons. The average molecular weight is 487 g/mol. The molecule has 1 amide bonds. The standard InChI is InChI=1S/C19H30N4O3S.C7H8/c24-19(17-14-18(26-21-17)15-2-3-15)20-16-4-7-23(8-5-16)27-13-1-6-22-9-11-25-12-10-22;1-7-5-3-2-4-6-7/h14-16H,1-13H2,(H,20,24);2-6H,1H3. The van der Waals surface area contributed by atoms with Gasteiger partial charge in [-0.15, -0.1) is 0 Å². The molecule has 1 aromatic heterocycles. The van der Waals surface area contributed by atoms with Gasteiger partial charge < -0.3 is 14.6 Å². The van der Waals surface area contributed by atoms with E-state index in [-0.39, 0.29) is 11.9 Å². The molecule has 34 heavy (non-hydrogen) atoms. The van der Waals surface area contributed by atoms with Crippen LogP contribution in [0.3, 0.4) is 0 Å². The lowest BCUT2D eigenvalue weighted by Crippen LogP contribution is -2.43. The molecule has 2 aromatic rings. The fourth-order valence-corrected chi connectivity index (χ4v) is 5.17. The summed E-state index contributed by atoms with van der Waals surface area (Å²) in [7, 11) is 0. The van der Waals surface area contributed by atoms with E-state index in [1.807, 2.05) is 36.2 Å². The summed E-state index contributed by atoms with van der Waals surface area (Å²) in [6.45, 7) is 9.21. The zero-order valence-corrected chi connectivity index (χ0v) is 21.1. The first kappa shape index (κ1) is 25.2. The highest BCUT2D eigenvalue weighted by atomic mass is 32.2. The maximum absolute atomic E-state index is 12.3. The highest BCUT2D eigenvalue weighted by molar-refractivity contribution is 7.97. The number of amides is 1. The molecular formula is C26H38N4O3S. The minimum atomic E-state index is -0.0951. The zero-order valence-electron chi connectivity index (χ0n) is 20.3. The van der Waals surface area contributed by atoms with Crippen molar-refractivity contribution in [3.63, 3.8) is 0 Å². The van der Waals surface area contributed by atoms with Gasteiger partial charge in [0.05, 0.1) is 13.2 Å². The third-order valence-corrected chi connectivity index (χ3v) is 7.67. The lowest BCUT2D eigenvalue weighted by Gasteiger charge is -2.31. The first-order valence-corrected chi connectivity index (χ1v) is 13.6. The topological polar surface area (TPSA) is 70.8 Å². The summed E-state index contributed by atoms with van der Waals surface area (Å²) < 4.78 is 13.1. The molecule has 7 nitrogen and oxygen atoms in total. The normalized spacial score (nSPS) is 19.9. The number of aryl methyl sites for hydroxylation is 1. The van der Waals surface area contributed by atoms with Crippen LogP contribution >= 0.6 is 11.9 Å². The van der Waals surface area contributed by atoms with Gasteiger partial charge in [0, 0.05) is 50.0 Å². The highest BCUT2D eigenvalue weighted by Crippen LogP contribution is 2.40. The van der Waals surface area contributed by atoms with E-state index in [0.29, 0.717) is 11.6 Å². The van der Waals surface area contributed by atoms with Crippen LogP contribution in [0.25, 0.3) is 0 Å². The molecule has 0 spiro atoms. The summed E-state index contributed by atoms with van der Waals surface area (Å²) >= 11 is 1.95. The fourth-order valence-electron chi connectivity index (χ4n) is 4.19. The first-order chi connectivity index (χ1) is 16.7. The Kier molecular flexibility index (Phi) is 9.85. The molecule has 1 aliphatic carbocycles. The quantitative estimate of drug-likeness (QED) is 0.445. The maximum atomic E-state index is 12.3. The van der Waals surface area contributed by atoms with Gasteiger partial charge in [-0.25, -0.2) is 0 Å².